The SMILES string of the molecule is C=CCN(CCC)S(=O)(=O)N1CCCCC1C(=O)O. The number of nitrogens with zero attached hydrogens (tertiary/aromatic N) is 2. The first kappa shape index (κ1) is 16.1. The van der Waals surface area contributed by atoms with Gasteiger partial charge in [-0.25, -0.2) is 0 Å². The summed E-state index contributed by atoms with van der Waals surface area (Å²) in [5.41, 5.74) is 0. The molecule has 6 nitrogen and oxygen atoms in total. The van der Waals surface area contributed by atoms with E-state index in [-0.39, 0.29) is 13.1 Å². The van der Waals surface area contributed by atoms with E-state index in [1.165, 1.54) is 10.4 Å². The average Bonchev–Trinajstić information content (AvgIpc) is 2.38. The molecule has 0 aromatic carbocycles. The van der Waals surface area contributed by atoms with Gasteiger partial charge in [-0.1, -0.05) is 13.0 Å². The van der Waals surface area contributed by atoms with E-state index in [1.807, 2.05) is 6.92 Å². The maximum absolute atomic E-state index is 12.5. The van der Waals surface area contributed by atoms with Crippen LogP contribution < -0.4 is 0 Å². The van der Waals surface area contributed by atoms with Gasteiger partial charge < -0.3 is 5.11 Å². The zero-order valence-corrected chi connectivity index (χ0v) is 12.1. The average molecular weight is 290 g/mol. The zero-order valence-electron chi connectivity index (χ0n) is 11.3. The van der Waals surface area contributed by atoms with E-state index in [9.17, 15) is 13.2 Å². The fourth-order valence-corrected chi connectivity index (χ4v) is 4.15. The molecule has 0 aromatic heterocycles. The smallest absolute Gasteiger partial charge is 0.322 e. The van der Waals surface area contributed by atoms with Gasteiger partial charge in [0.2, 0.25) is 0 Å². The Hall–Kier alpha value is -0.920. The van der Waals surface area contributed by atoms with Crippen LogP contribution >= 0.6 is 0 Å². The summed E-state index contributed by atoms with van der Waals surface area (Å²) in [5.74, 6) is -1.07. The molecule has 1 aliphatic heterocycles. The standard InChI is InChI=1S/C12H22N2O4S/c1-3-8-13(9-4-2)19(17,18)14-10-6-5-7-11(14)12(15)16/h3,11H,1,4-10H2,2H3,(H,15,16). The topological polar surface area (TPSA) is 77.9 Å². The largest absolute Gasteiger partial charge is 0.480 e. The maximum Gasteiger partial charge on any atom is 0.322 e. The van der Waals surface area contributed by atoms with E-state index >= 15 is 0 Å². The van der Waals surface area contributed by atoms with Gasteiger partial charge in [0.15, 0.2) is 0 Å². The summed E-state index contributed by atoms with van der Waals surface area (Å²) in [7, 11) is -3.73. The van der Waals surface area contributed by atoms with Crippen molar-refractivity contribution in [1.82, 2.24) is 8.61 Å². The van der Waals surface area contributed by atoms with Crippen LogP contribution in [0.15, 0.2) is 12.7 Å². The molecule has 1 aliphatic rings. The quantitative estimate of drug-likeness (QED) is 0.711. The highest BCUT2D eigenvalue weighted by atomic mass is 32.2. The Balaban J connectivity index is 3.00. The lowest BCUT2D eigenvalue weighted by atomic mass is 10.1. The van der Waals surface area contributed by atoms with Gasteiger partial charge >= 0.3 is 5.97 Å². The molecule has 0 aliphatic carbocycles. The van der Waals surface area contributed by atoms with Gasteiger partial charge in [0.05, 0.1) is 0 Å². The van der Waals surface area contributed by atoms with Crippen LogP contribution in [0.3, 0.4) is 0 Å². The summed E-state index contributed by atoms with van der Waals surface area (Å²) in [6.07, 6.45) is 4.03. The lowest BCUT2D eigenvalue weighted by Crippen LogP contribution is -2.53. The van der Waals surface area contributed by atoms with E-state index in [0.29, 0.717) is 25.8 Å². The van der Waals surface area contributed by atoms with Crippen LogP contribution in [0.25, 0.3) is 0 Å². The van der Waals surface area contributed by atoms with Crippen molar-refractivity contribution in [2.45, 2.75) is 38.6 Å². The normalized spacial score (nSPS) is 21.5. The molecule has 110 valence electrons. The third kappa shape index (κ3) is 3.77. The van der Waals surface area contributed by atoms with Gasteiger partial charge in [-0.15, -0.1) is 6.58 Å². The minimum absolute atomic E-state index is 0.207. The van der Waals surface area contributed by atoms with Crippen molar-refractivity contribution < 1.29 is 18.3 Å². The van der Waals surface area contributed by atoms with Crippen LogP contribution in [-0.2, 0) is 15.0 Å². The van der Waals surface area contributed by atoms with Gasteiger partial charge in [-0.05, 0) is 25.7 Å². The summed E-state index contributed by atoms with van der Waals surface area (Å²) in [6.45, 7) is 6.29. The Kier molecular flexibility index (Phi) is 5.96. The Morgan fingerprint density at radius 3 is 2.74 bits per heavy atom. The van der Waals surface area contributed by atoms with Crippen molar-refractivity contribution in [1.29, 1.82) is 0 Å². The van der Waals surface area contributed by atoms with Gasteiger partial charge in [-0.3, -0.25) is 4.79 Å². The van der Waals surface area contributed by atoms with E-state index in [2.05, 4.69) is 6.58 Å². The molecule has 7 heteroatoms. The van der Waals surface area contributed by atoms with Crippen molar-refractivity contribution in [2.24, 2.45) is 0 Å². The highest BCUT2D eigenvalue weighted by Crippen LogP contribution is 2.23. The highest BCUT2D eigenvalue weighted by molar-refractivity contribution is 7.86. The molecule has 0 spiro atoms. The number of carboxylic acid groups (broad SMARTS) is 1. The second kappa shape index (κ2) is 7.02. The maximum atomic E-state index is 12.5. The molecule has 1 rings (SSSR count). The van der Waals surface area contributed by atoms with Crippen LogP contribution in [0.4, 0.5) is 0 Å². The van der Waals surface area contributed by atoms with Gasteiger partial charge in [0.1, 0.15) is 6.04 Å². The molecule has 1 heterocycles. The third-order valence-electron chi connectivity index (χ3n) is 3.17. The molecule has 0 amide bonds. The lowest BCUT2D eigenvalue weighted by molar-refractivity contribution is -0.142. The molecule has 1 N–H and O–H groups in total. The fourth-order valence-electron chi connectivity index (χ4n) is 2.27. The van der Waals surface area contributed by atoms with Crippen LogP contribution in [0, 0.1) is 0 Å². The molecule has 1 unspecified atom stereocenters. The Bertz CT molecular complexity index is 421. The fraction of sp³-hybridized carbons (Fsp3) is 0.750. The minimum atomic E-state index is -3.73. The van der Waals surface area contributed by atoms with Crippen molar-refractivity contribution in [3.8, 4) is 0 Å². The van der Waals surface area contributed by atoms with E-state index in [1.54, 1.807) is 0 Å². The number of aliphatic carboxylic acids is 1. The Labute approximate surface area is 114 Å². The molecule has 0 aromatic rings. The summed E-state index contributed by atoms with van der Waals surface area (Å²) in [5, 5.41) is 9.17. The predicted octanol–water partition coefficient (Wildman–Crippen LogP) is 1.07. The molecule has 1 saturated heterocycles. The molecule has 0 saturated carbocycles. The molecular formula is C12H22N2O4S. The number of hydrogen-bond acceptors (Lipinski definition) is 3. The molecule has 1 fully saturated rings. The van der Waals surface area contributed by atoms with Crippen molar-refractivity contribution in [2.75, 3.05) is 19.6 Å². The summed E-state index contributed by atoms with van der Waals surface area (Å²) in [4.78, 5) is 11.2. The second-order valence-electron chi connectivity index (χ2n) is 4.62. The molecule has 0 bridgehead atoms. The number of carboxylic acids is 1. The Morgan fingerprint density at radius 2 is 2.21 bits per heavy atom. The first-order chi connectivity index (χ1) is 8.95. The van der Waals surface area contributed by atoms with Crippen molar-refractivity contribution in [3.63, 3.8) is 0 Å². The molecule has 0 radical (unpaired) electrons. The zero-order chi connectivity index (χ0) is 14.5. The number of rotatable bonds is 7. The van der Waals surface area contributed by atoms with E-state index < -0.39 is 22.2 Å². The lowest BCUT2D eigenvalue weighted by Gasteiger charge is -2.35. The van der Waals surface area contributed by atoms with Crippen LogP contribution in [0.5, 0.6) is 0 Å². The minimum Gasteiger partial charge on any atom is -0.480 e. The van der Waals surface area contributed by atoms with E-state index in [0.717, 1.165) is 10.7 Å². The van der Waals surface area contributed by atoms with Crippen LogP contribution in [-0.4, -0.2) is 53.8 Å². The molecule has 1 atom stereocenters. The second-order valence-corrected chi connectivity index (χ2v) is 6.50. The molecule has 19 heavy (non-hydrogen) atoms. The first-order valence-electron chi connectivity index (χ1n) is 6.55. The van der Waals surface area contributed by atoms with Gasteiger partial charge in [0.25, 0.3) is 10.2 Å². The third-order valence-corrected chi connectivity index (χ3v) is 5.18. The summed E-state index contributed by atoms with van der Waals surface area (Å²) >= 11 is 0. The summed E-state index contributed by atoms with van der Waals surface area (Å²) < 4.78 is 27.5. The number of piperidine rings is 1. The highest BCUT2D eigenvalue weighted by Gasteiger charge is 2.39. The van der Waals surface area contributed by atoms with Crippen molar-refractivity contribution in [3.05, 3.63) is 12.7 Å². The summed E-state index contributed by atoms with van der Waals surface area (Å²) in [6, 6.07) is -0.942. The van der Waals surface area contributed by atoms with Crippen molar-refractivity contribution >= 4 is 16.2 Å². The predicted molar refractivity (Wildman–Crippen MR) is 73.0 cm³/mol. The van der Waals surface area contributed by atoms with E-state index in [4.69, 9.17) is 5.11 Å². The number of hydrogen-bond donors (Lipinski definition) is 1. The monoisotopic (exact) mass is 290 g/mol. The molecular weight excluding hydrogens is 268 g/mol. The van der Waals surface area contributed by atoms with Gasteiger partial charge in [0, 0.05) is 19.6 Å². The van der Waals surface area contributed by atoms with Crippen LogP contribution in [0.1, 0.15) is 32.6 Å². The van der Waals surface area contributed by atoms with Crippen LogP contribution in [0.2, 0.25) is 0 Å². The first-order valence-corrected chi connectivity index (χ1v) is 7.95. The Morgan fingerprint density at radius 1 is 1.53 bits per heavy atom. The number of carbonyl (C=O) groups is 1. The van der Waals surface area contributed by atoms with Gasteiger partial charge in [-0.2, -0.15) is 17.0 Å².